The molecule has 2 heterocycles. The normalized spacial score (nSPS) is 15.8. The molecule has 0 fully saturated rings. The molecule has 1 unspecified atom stereocenters. The molecule has 144 valence electrons. The summed E-state index contributed by atoms with van der Waals surface area (Å²) in [5.74, 6) is -0.114. The number of nitrogens with zero attached hydrogens (tertiary/aromatic N) is 2. The molecule has 0 saturated heterocycles. The van der Waals surface area contributed by atoms with E-state index >= 15 is 0 Å². The minimum atomic E-state index is -0.326. The molecular formula is C23H24FN3O. The highest BCUT2D eigenvalue weighted by Crippen LogP contribution is 2.36. The predicted molar refractivity (Wildman–Crippen MR) is 109 cm³/mol. The average Bonchev–Trinajstić information content (AvgIpc) is 3.08. The summed E-state index contributed by atoms with van der Waals surface area (Å²) in [6.45, 7) is 6.42. The van der Waals surface area contributed by atoms with Crippen LogP contribution in [0.5, 0.6) is 0 Å². The lowest BCUT2D eigenvalue weighted by molar-refractivity contribution is 0.162. The van der Waals surface area contributed by atoms with E-state index in [-0.39, 0.29) is 23.8 Å². The van der Waals surface area contributed by atoms with Crippen LogP contribution in [0.3, 0.4) is 0 Å². The predicted octanol–water partition coefficient (Wildman–Crippen LogP) is 5.67. The molecule has 1 aromatic heterocycles. The first-order valence-electron chi connectivity index (χ1n) is 9.55. The van der Waals surface area contributed by atoms with Crippen molar-refractivity contribution < 1.29 is 9.18 Å². The molecule has 1 atom stereocenters. The number of halogens is 1. The third-order valence-corrected chi connectivity index (χ3v) is 5.33. The van der Waals surface area contributed by atoms with Gasteiger partial charge in [-0.2, -0.15) is 0 Å². The Morgan fingerprint density at radius 2 is 1.93 bits per heavy atom. The van der Waals surface area contributed by atoms with E-state index in [1.54, 1.807) is 19.1 Å². The zero-order chi connectivity index (χ0) is 19.8. The van der Waals surface area contributed by atoms with Crippen LogP contribution in [0.4, 0.5) is 14.9 Å². The number of fused-ring (bicyclic) bond motifs is 3. The summed E-state index contributed by atoms with van der Waals surface area (Å²) in [5, 5.41) is 2.88. The minimum Gasteiger partial charge on any atom is -0.318 e. The molecule has 0 radical (unpaired) electrons. The van der Waals surface area contributed by atoms with Crippen molar-refractivity contribution in [1.29, 1.82) is 0 Å². The van der Waals surface area contributed by atoms with Gasteiger partial charge in [0.25, 0.3) is 0 Å². The number of hydrogen-bond donors (Lipinski definition) is 1. The van der Waals surface area contributed by atoms with Crippen LogP contribution in [0.25, 0.3) is 5.69 Å². The van der Waals surface area contributed by atoms with E-state index in [2.05, 4.69) is 35.9 Å². The number of amides is 2. The summed E-state index contributed by atoms with van der Waals surface area (Å²) < 4.78 is 16.1. The number of anilines is 1. The van der Waals surface area contributed by atoms with Crippen LogP contribution >= 0.6 is 0 Å². The smallest absolute Gasteiger partial charge is 0.318 e. The second-order valence-corrected chi connectivity index (χ2v) is 7.64. The van der Waals surface area contributed by atoms with Gasteiger partial charge in [0.1, 0.15) is 5.82 Å². The fourth-order valence-electron chi connectivity index (χ4n) is 3.94. The lowest BCUT2D eigenvalue weighted by atomic mass is 9.99. The first-order valence-corrected chi connectivity index (χ1v) is 9.55. The summed E-state index contributed by atoms with van der Waals surface area (Å²) in [5.41, 5.74) is 4.26. The average molecular weight is 377 g/mol. The van der Waals surface area contributed by atoms with Crippen LogP contribution in [-0.4, -0.2) is 15.5 Å². The number of rotatable bonds is 2. The van der Waals surface area contributed by atoms with Gasteiger partial charge in [-0.15, -0.1) is 0 Å². The Labute approximate surface area is 164 Å². The van der Waals surface area contributed by atoms with E-state index in [0.29, 0.717) is 17.8 Å². The zero-order valence-electron chi connectivity index (χ0n) is 16.3. The van der Waals surface area contributed by atoms with Gasteiger partial charge in [0.05, 0.1) is 18.3 Å². The third-order valence-electron chi connectivity index (χ3n) is 5.33. The summed E-state index contributed by atoms with van der Waals surface area (Å²) >= 11 is 0. The van der Waals surface area contributed by atoms with Gasteiger partial charge in [0.2, 0.25) is 0 Å². The number of aryl methyl sites for hydroxylation is 1. The van der Waals surface area contributed by atoms with Crippen molar-refractivity contribution in [3.8, 4) is 5.69 Å². The highest BCUT2D eigenvalue weighted by Gasteiger charge is 2.33. The largest absolute Gasteiger partial charge is 0.322 e. The van der Waals surface area contributed by atoms with Crippen molar-refractivity contribution in [3.05, 3.63) is 83.4 Å². The van der Waals surface area contributed by atoms with Crippen LogP contribution in [0.2, 0.25) is 0 Å². The number of para-hydroxylation sites is 1. The Hall–Kier alpha value is -3.08. The number of aromatic nitrogens is 1. The first-order chi connectivity index (χ1) is 13.5. The van der Waals surface area contributed by atoms with Crippen LogP contribution in [0.1, 0.15) is 36.7 Å². The van der Waals surface area contributed by atoms with Crippen molar-refractivity contribution in [2.45, 2.75) is 33.4 Å². The third kappa shape index (κ3) is 3.17. The standard InChI is InChI=1S/C23H24FN3O/c1-15(2)22-21-9-6-12-26(21)20-8-5-4-7-17(20)14-27(22)23(28)25-18-11-10-16(3)19(24)13-18/h4-13,15,22H,14H2,1-3H3,(H,25,28). The fraction of sp³-hybridized carbons (Fsp3) is 0.261. The molecule has 0 bridgehead atoms. The highest BCUT2D eigenvalue weighted by atomic mass is 19.1. The van der Waals surface area contributed by atoms with Gasteiger partial charge in [-0.25, -0.2) is 9.18 Å². The number of carbonyl (C=O) groups excluding carboxylic acids is 1. The Morgan fingerprint density at radius 3 is 2.68 bits per heavy atom. The van der Waals surface area contributed by atoms with Gasteiger partial charge in [0, 0.05) is 17.6 Å². The van der Waals surface area contributed by atoms with Gasteiger partial charge in [-0.05, 0) is 54.3 Å². The number of nitrogens with one attached hydrogen (secondary N) is 1. The molecular weight excluding hydrogens is 353 g/mol. The van der Waals surface area contributed by atoms with Gasteiger partial charge in [-0.3, -0.25) is 0 Å². The van der Waals surface area contributed by atoms with Crippen molar-refractivity contribution in [2.24, 2.45) is 5.92 Å². The van der Waals surface area contributed by atoms with Crippen LogP contribution < -0.4 is 5.32 Å². The maximum Gasteiger partial charge on any atom is 0.322 e. The lowest BCUT2D eigenvalue weighted by Crippen LogP contribution is -2.39. The molecule has 1 aliphatic heterocycles. The van der Waals surface area contributed by atoms with Gasteiger partial charge < -0.3 is 14.8 Å². The van der Waals surface area contributed by atoms with E-state index in [0.717, 1.165) is 16.9 Å². The molecule has 1 aliphatic rings. The molecule has 28 heavy (non-hydrogen) atoms. The first kappa shape index (κ1) is 18.3. The minimum absolute atomic E-state index is 0.0994. The van der Waals surface area contributed by atoms with E-state index in [1.165, 1.54) is 6.07 Å². The van der Waals surface area contributed by atoms with E-state index in [4.69, 9.17) is 0 Å². The van der Waals surface area contributed by atoms with Crippen molar-refractivity contribution in [3.63, 3.8) is 0 Å². The molecule has 5 heteroatoms. The maximum atomic E-state index is 13.9. The molecule has 0 saturated carbocycles. The van der Waals surface area contributed by atoms with Crippen molar-refractivity contribution in [2.75, 3.05) is 5.32 Å². The molecule has 1 N–H and O–H groups in total. The van der Waals surface area contributed by atoms with Gasteiger partial charge in [-0.1, -0.05) is 38.1 Å². The Kier molecular flexibility index (Phi) is 4.67. The molecule has 0 spiro atoms. The van der Waals surface area contributed by atoms with Crippen LogP contribution in [-0.2, 0) is 6.54 Å². The van der Waals surface area contributed by atoms with Crippen molar-refractivity contribution >= 4 is 11.7 Å². The number of benzene rings is 2. The van der Waals surface area contributed by atoms with Crippen LogP contribution in [0.15, 0.2) is 60.8 Å². The summed E-state index contributed by atoms with van der Waals surface area (Å²) in [6, 6.07) is 16.7. The number of hydrogen-bond acceptors (Lipinski definition) is 1. The Bertz CT molecular complexity index is 1020. The second-order valence-electron chi connectivity index (χ2n) is 7.64. The quantitative estimate of drug-likeness (QED) is 0.614. The van der Waals surface area contributed by atoms with E-state index in [9.17, 15) is 9.18 Å². The Balaban J connectivity index is 1.74. The number of carbonyl (C=O) groups is 1. The maximum absolute atomic E-state index is 13.9. The van der Waals surface area contributed by atoms with Gasteiger partial charge in [0.15, 0.2) is 0 Å². The monoisotopic (exact) mass is 377 g/mol. The fourth-order valence-corrected chi connectivity index (χ4v) is 3.94. The van der Waals surface area contributed by atoms with E-state index in [1.807, 2.05) is 35.4 Å². The molecule has 0 aliphatic carbocycles. The zero-order valence-corrected chi connectivity index (χ0v) is 16.3. The molecule has 4 rings (SSSR count). The molecule has 2 amide bonds. The van der Waals surface area contributed by atoms with Crippen LogP contribution in [0, 0.1) is 18.7 Å². The second kappa shape index (κ2) is 7.15. The molecule has 2 aromatic carbocycles. The highest BCUT2D eigenvalue weighted by molar-refractivity contribution is 5.89. The van der Waals surface area contributed by atoms with Gasteiger partial charge >= 0.3 is 6.03 Å². The lowest BCUT2D eigenvalue weighted by Gasteiger charge is -2.33. The summed E-state index contributed by atoms with van der Waals surface area (Å²) in [4.78, 5) is 15.1. The SMILES string of the molecule is Cc1ccc(NC(=O)N2Cc3ccccc3-n3cccc3C2C(C)C)cc1F. The van der Waals surface area contributed by atoms with Crippen molar-refractivity contribution in [1.82, 2.24) is 9.47 Å². The topological polar surface area (TPSA) is 37.3 Å². The molecule has 3 aromatic rings. The Morgan fingerprint density at radius 1 is 1.14 bits per heavy atom. The van der Waals surface area contributed by atoms with E-state index < -0.39 is 0 Å². The summed E-state index contributed by atoms with van der Waals surface area (Å²) in [7, 11) is 0. The molecule has 4 nitrogen and oxygen atoms in total. The summed E-state index contributed by atoms with van der Waals surface area (Å²) in [6.07, 6.45) is 2.04. The number of urea groups is 1.